The lowest BCUT2D eigenvalue weighted by atomic mass is 9.98. The Morgan fingerprint density at radius 2 is 2.12 bits per heavy atom. The predicted molar refractivity (Wildman–Crippen MR) is 55.6 cm³/mol. The summed E-state index contributed by atoms with van der Waals surface area (Å²) < 4.78 is 25.1. The van der Waals surface area contributed by atoms with E-state index in [4.69, 9.17) is 5.73 Å². The number of aryl methyl sites for hydroxylation is 1. The molecule has 88 valence electrons. The van der Waals surface area contributed by atoms with Crippen molar-refractivity contribution in [2.45, 2.75) is 19.3 Å². The third-order valence-electron chi connectivity index (χ3n) is 2.42. The Kier molecular flexibility index (Phi) is 3.89. The van der Waals surface area contributed by atoms with Crippen LogP contribution in [0.25, 0.3) is 0 Å². The van der Waals surface area contributed by atoms with Crippen LogP contribution in [-0.2, 0) is 0 Å². The number of benzene rings is 1. The highest BCUT2D eigenvalue weighted by molar-refractivity contribution is 5.43. The first-order valence-corrected chi connectivity index (χ1v) is 4.70. The van der Waals surface area contributed by atoms with Crippen LogP contribution >= 0.6 is 0 Å². The van der Waals surface area contributed by atoms with Gasteiger partial charge in [0.05, 0.1) is 10.8 Å². The zero-order valence-electron chi connectivity index (χ0n) is 8.69. The second-order valence-corrected chi connectivity index (χ2v) is 3.48. The lowest BCUT2D eigenvalue weighted by Gasteiger charge is -2.14. The van der Waals surface area contributed by atoms with E-state index in [9.17, 15) is 18.9 Å². The summed E-state index contributed by atoms with van der Waals surface area (Å²) in [5.41, 5.74) is 5.71. The molecule has 1 aromatic rings. The number of hydrogen-bond donors (Lipinski definition) is 1. The number of rotatable bonds is 4. The molecule has 0 aromatic heterocycles. The van der Waals surface area contributed by atoms with Crippen LogP contribution in [0.1, 0.15) is 17.0 Å². The molecule has 0 fully saturated rings. The molecule has 0 radical (unpaired) electrons. The van der Waals surface area contributed by atoms with Crippen molar-refractivity contribution in [2.75, 3.05) is 6.54 Å². The lowest BCUT2D eigenvalue weighted by Crippen LogP contribution is -2.19. The molecule has 2 N–H and O–H groups in total. The topological polar surface area (TPSA) is 69.2 Å². The molecule has 0 aliphatic heterocycles. The Hall–Kier alpha value is -1.56. The van der Waals surface area contributed by atoms with Crippen LogP contribution in [-0.4, -0.2) is 17.9 Å². The largest absolute Gasteiger partial charge is 0.330 e. The van der Waals surface area contributed by atoms with Crippen LogP contribution in [0.5, 0.6) is 0 Å². The minimum atomic E-state index is -2.62. The zero-order chi connectivity index (χ0) is 12.3. The fraction of sp³-hybridized carbons (Fsp3) is 0.400. The van der Waals surface area contributed by atoms with E-state index in [1.807, 2.05) is 0 Å². The van der Waals surface area contributed by atoms with Crippen LogP contribution in [0, 0.1) is 17.0 Å². The highest BCUT2D eigenvalue weighted by Crippen LogP contribution is 2.27. The Labute approximate surface area is 91.2 Å². The number of alkyl halides is 2. The monoisotopic (exact) mass is 230 g/mol. The van der Waals surface area contributed by atoms with Gasteiger partial charge in [-0.3, -0.25) is 10.1 Å². The number of nitrogens with zero attached hydrogens (tertiary/aromatic N) is 1. The van der Waals surface area contributed by atoms with E-state index >= 15 is 0 Å². The van der Waals surface area contributed by atoms with Crippen molar-refractivity contribution in [3.63, 3.8) is 0 Å². The highest BCUT2D eigenvalue weighted by Gasteiger charge is 2.23. The molecule has 1 aromatic carbocycles. The van der Waals surface area contributed by atoms with Gasteiger partial charge in [0.25, 0.3) is 5.69 Å². The Bertz CT molecular complexity index is 396. The third kappa shape index (κ3) is 2.52. The maximum Gasteiger partial charge on any atom is 0.272 e. The van der Waals surface area contributed by atoms with Gasteiger partial charge in [-0.2, -0.15) is 0 Å². The summed E-state index contributed by atoms with van der Waals surface area (Å²) in [6, 6.07) is 4.07. The maximum absolute atomic E-state index is 12.6. The van der Waals surface area contributed by atoms with Crippen LogP contribution < -0.4 is 5.73 Å². The molecule has 1 unspecified atom stereocenters. The fourth-order valence-corrected chi connectivity index (χ4v) is 1.44. The maximum atomic E-state index is 12.6. The molecule has 0 amide bonds. The second kappa shape index (κ2) is 4.98. The summed E-state index contributed by atoms with van der Waals surface area (Å²) in [6.45, 7) is 1.32. The summed E-state index contributed by atoms with van der Waals surface area (Å²) in [5.74, 6) is -1.15. The highest BCUT2D eigenvalue weighted by atomic mass is 19.3. The van der Waals surface area contributed by atoms with Crippen molar-refractivity contribution < 1.29 is 13.7 Å². The summed E-state index contributed by atoms with van der Waals surface area (Å²) in [5, 5.41) is 10.6. The van der Waals surface area contributed by atoms with Crippen LogP contribution in [0.15, 0.2) is 18.2 Å². The van der Waals surface area contributed by atoms with E-state index in [0.29, 0.717) is 5.56 Å². The van der Waals surface area contributed by atoms with Crippen molar-refractivity contribution in [2.24, 2.45) is 5.73 Å². The molecule has 6 heteroatoms. The molecule has 0 spiro atoms. The van der Waals surface area contributed by atoms with Gasteiger partial charge in [0.15, 0.2) is 0 Å². The second-order valence-electron chi connectivity index (χ2n) is 3.48. The van der Waals surface area contributed by atoms with Crippen molar-refractivity contribution in [1.29, 1.82) is 0 Å². The summed E-state index contributed by atoms with van der Waals surface area (Å²) in [6.07, 6.45) is -2.62. The summed E-state index contributed by atoms with van der Waals surface area (Å²) in [7, 11) is 0. The van der Waals surface area contributed by atoms with Gasteiger partial charge < -0.3 is 5.73 Å². The normalized spacial score (nSPS) is 12.8. The molecule has 0 aliphatic rings. The van der Waals surface area contributed by atoms with Gasteiger partial charge in [-0.15, -0.1) is 0 Å². The number of hydrogen-bond acceptors (Lipinski definition) is 3. The van der Waals surface area contributed by atoms with E-state index in [-0.39, 0.29) is 17.8 Å². The van der Waals surface area contributed by atoms with Crippen LogP contribution in [0.3, 0.4) is 0 Å². The lowest BCUT2D eigenvalue weighted by molar-refractivity contribution is -0.385. The third-order valence-corrected chi connectivity index (χ3v) is 2.42. The molecule has 1 rings (SSSR count). The van der Waals surface area contributed by atoms with Gasteiger partial charge >= 0.3 is 0 Å². The van der Waals surface area contributed by atoms with E-state index in [1.54, 1.807) is 6.92 Å². The Morgan fingerprint density at radius 3 is 2.56 bits per heavy atom. The van der Waals surface area contributed by atoms with Crippen molar-refractivity contribution in [1.82, 2.24) is 0 Å². The van der Waals surface area contributed by atoms with E-state index < -0.39 is 17.3 Å². The Morgan fingerprint density at radius 1 is 1.50 bits per heavy atom. The van der Waals surface area contributed by atoms with Crippen molar-refractivity contribution in [3.05, 3.63) is 39.4 Å². The predicted octanol–water partition coefficient (Wildman–Crippen LogP) is 2.21. The van der Waals surface area contributed by atoms with Gasteiger partial charge in [0.2, 0.25) is 6.43 Å². The van der Waals surface area contributed by atoms with Gasteiger partial charge in [-0.1, -0.05) is 12.1 Å². The molecule has 16 heavy (non-hydrogen) atoms. The molecule has 0 heterocycles. The standard InChI is InChI=1S/C10H12F2N2O2/c1-6-2-3-7(4-9(6)14(15)16)8(5-13)10(11)12/h2-4,8,10H,5,13H2,1H3. The number of nitro groups is 1. The molecule has 0 aliphatic carbocycles. The molecular weight excluding hydrogens is 218 g/mol. The number of nitrogens with two attached hydrogens (primary N) is 1. The van der Waals surface area contributed by atoms with Crippen LogP contribution in [0.2, 0.25) is 0 Å². The molecular formula is C10H12F2N2O2. The number of halogens is 2. The molecule has 0 bridgehead atoms. The summed E-state index contributed by atoms with van der Waals surface area (Å²) >= 11 is 0. The average Bonchev–Trinajstić information content (AvgIpc) is 2.20. The molecule has 1 atom stereocenters. The summed E-state index contributed by atoms with van der Waals surface area (Å²) in [4.78, 5) is 10.1. The van der Waals surface area contributed by atoms with E-state index in [1.165, 1.54) is 18.2 Å². The smallest absolute Gasteiger partial charge is 0.272 e. The zero-order valence-corrected chi connectivity index (χ0v) is 8.69. The van der Waals surface area contributed by atoms with Crippen LogP contribution in [0.4, 0.5) is 14.5 Å². The minimum Gasteiger partial charge on any atom is -0.330 e. The number of nitro benzene ring substituents is 1. The van der Waals surface area contributed by atoms with Crippen molar-refractivity contribution in [3.8, 4) is 0 Å². The Balaban J connectivity index is 3.15. The molecule has 0 saturated carbocycles. The minimum absolute atomic E-state index is 0.156. The SMILES string of the molecule is Cc1ccc(C(CN)C(F)F)cc1[N+](=O)[O-]. The quantitative estimate of drug-likeness (QED) is 0.636. The molecule has 0 saturated heterocycles. The first-order valence-electron chi connectivity index (χ1n) is 4.70. The van der Waals surface area contributed by atoms with Gasteiger partial charge in [-0.25, -0.2) is 8.78 Å². The average molecular weight is 230 g/mol. The molecule has 4 nitrogen and oxygen atoms in total. The van der Waals surface area contributed by atoms with E-state index in [0.717, 1.165) is 0 Å². The van der Waals surface area contributed by atoms with Gasteiger partial charge in [0.1, 0.15) is 0 Å². The first-order chi connectivity index (χ1) is 7.47. The van der Waals surface area contributed by atoms with Gasteiger partial charge in [0, 0.05) is 18.2 Å². The van der Waals surface area contributed by atoms with E-state index in [2.05, 4.69) is 0 Å². The fourth-order valence-electron chi connectivity index (χ4n) is 1.44. The van der Waals surface area contributed by atoms with Crippen molar-refractivity contribution >= 4 is 5.69 Å². The first kappa shape index (κ1) is 12.5. The van der Waals surface area contributed by atoms with Gasteiger partial charge in [-0.05, 0) is 12.5 Å².